The highest BCUT2D eigenvalue weighted by Crippen LogP contribution is 2.37. The number of nitrogens with one attached hydrogen (secondary N) is 1. The second-order valence-corrected chi connectivity index (χ2v) is 9.66. The first-order valence-corrected chi connectivity index (χ1v) is 11.3. The quantitative estimate of drug-likeness (QED) is 0.554. The van der Waals surface area contributed by atoms with E-state index >= 15 is 0 Å². The highest BCUT2D eigenvalue weighted by atomic mass is 32.2. The van der Waals surface area contributed by atoms with Crippen molar-refractivity contribution in [2.75, 3.05) is 18.4 Å². The summed E-state index contributed by atoms with van der Waals surface area (Å²) in [7, 11) is -2.41. The fourth-order valence-corrected chi connectivity index (χ4v) is 5.33. The third kappa shape index (κ3) is 4.58. The number of alkyl halides is 3. The molecule has 12 heteroatoms. The van der Waals surface area contributed by atoms with Gasteiger partial charge in [0.2, 0.25) is 0 Å². The minimum atomic E-state index is -4.89. The second kappa shape index (κ2) is 8.41. The molecule has 1 aliphatic rings. The van der Waals surface area contributed by atoms with Gasteiger partial charge in [-0.3, -0.25) is 0 Å². The zero-order valence-electron chi connectivity index (χ0n) is 17.2. The van der Waals surface area contributed by atoms with Crippen LogP contribution in [-0.2, 0) is 23.2 Å². The molecule has 4 rings (SSSR count). The van der Waals surface area contributed by atoms with E-state index in [1.807, 2.05) is 0 Å². The van der Waals surface area contributed by atoms with Crippen molar-refractivity contribution in [3.05, 3.63) is 77.8 Å². The van der Waals surface area contributed by atoms with Crippen LogP contribution in [0.2, 0.25) is 0 Å². The predicted octanol–water partition coefficient (Wildman–Crippen LogP) is 3.99. The lowest BCUT2D eigenvalue weighted by molar-refractivity contribution is -0.139. The van der Waals surface area contributed by atoms with Crippen molar-refractivity contribution in [1.82, 2.24) is 13.9 Å². The minimum absolute atomic E-state index is 0.0528. The molecular weight excluding hydrogens is 467 g/mol. The van der Waals surface area contributed by atoms with Crippen molar-refractivity contribution >= 4 is 15.7 Å². The molecule has 2 heterocycles. The topological polar surface area (TPSA) is 67.2 Å². The van der Waals surface area contributed by atoms with Crippen LogP contribution in [0.4, 0.5) is 27.6 Å². The van der Waals surface area contributed by atoms with Gasteiger partial charge in [-0.15, -0.1) is 0 Å². The highest BCUT2D eigenvalue weighted by molar-refractivity contribution is 7.89. The average Bonchev–Trinajstić information content (AvgIpc) is 3.37. The van der Waals surface area contributed by atoms with Crippen LogP contribution in [0, 0.1) is 11.6 Å². The van der Waals surface area contributed by atoms with Gasteiger partial charge >= 0.3 is 6.18 Å². The maximum atomic E-state index is 14.6. The number of aryl methyl sites for hydroxylation is 1. The Morgan fingerprint density at radius 2 is 1.76 bits per heavy atom. The van der Waals surface area contributed by atoms with E-state index in [-0.39, 0.29) is 18.1 Å². The van der Waals surface area contributed by atoms with Crippen molar-refractivity contribution < 1.29 is 30.4 Å². The van der Waals surface area contributed by atoms with E-state index in [2.05, 4.69) is 10.3 Å². The molecule has 0 radical (unpaired) electrons. The van der Waals surface area contributed by atoms with Gasteiger partial charge in [0.25, 0.3) is 10.0 Å². The van der Waals surface area contributed by atoms with Crippen LogP contribution in [0.3, 0.4) is 0 Å². The molecule has 33 heavy (non-hydrogen) atoms. The second-order valence-electron chi connectivity index (χ2n) is 7.77. The first-order valence-electron chi connectivity index (χ1n) is 9.82. The van der Waals surface area contributed by atoms with Crippen LogP contribution in [0.15, 0.2) is 60.0 Å². The van der Waals surface area contributed by atoms with Gasteiger partial charge in [0.15, 0.2) is 10.8 Å². The van der Waals surface area contributed by atoms with E-state index < -0.39 is 51.0 Å². The third-order valence-corrected chi connectivity index (χ3v) is 7.23. The molecule has 0 unspecified atom stereocenters. The first kappa shape index (κ1) is 23.2. The van der Waals surface area contributed by atoms with Gasteiger partial charge in [-0.05, 0) is 29.8 Å². The zero-order valence-corrected chi connectivity index (χ0v) is 18.0. The van der Waals surface area contributed by atoms with Crippen LogP contribution >= 0.6 is 0 Å². The molecule has 0 bridgehead atoms. The molecule has 0 saturated carbocycles. The van der Waals surface area contributed by atoms with Crippen molar-refractivity contribution in [2.45, 2.75) is 23.2 Å². The number of hydrogen-bond donors (Lipinski definition) is 1. The number of sulfonamides is 1. The van der Waals surface area contributed by atoms with Crippen molar-refractivity contribution in [3.8, 4) is 0 Å². The Morgan fingerprint density at radius 3 is 2.36 bits per heavy atom. The Balaban J connectivity index is 1.69. The minimum Gasteiger partial charge on any atom is -0.378 e. The molecule has 0 amide bonds. The maximum Gasteiger partial charge on any atom is 0.419 e. The summed E-state index contributed by atoms with van der Waals surface area (Å²) in [4.78, 5) is 3.88. The largest absolute Gasteiger partial charge is 0.419 e. The SMILES string of the molecule is Cn1cnc(S(=O)(=O)N2C[C@@H](Nc3cccc(C(F)(F)F)c3F)[C@H](c3ccc(F)cc3)C2)c1. The van der Waals surface area contributed by atoms with Crippen molar-refractivity contribution in [2.24, 2.45) is 7.05 Å². The Kier molecular flexibility index (Phi) is 5.91. The number of benzene rings is 2. The average molecular weight is 486 g/mol. The molecule has 1 saturated heterocycles. The van der Waals surface area contributed by atoms with E-state index in [0.717, 1.165) is 16.4 Å². The van der Waals surface area contributed by atoms with E-state index in [9.17, 15) is 30.4 Å². The molecule has 6 nitrogen and oxygen atoms in total. The van der Waals surface area contributed by atoms with E-state index in [0.29, 0.717) is 11.6 Å². The van der Waals surface area contributed by atoms with Gasteiger partial charge in [-0.2, -0.15) is 17.5 Å². The van der Waals surface area contributed by atoms with Gasteiger partial charge in [0.1, 0.15) is 5.82 Å². The monoisotopic (exact) mass is 486 g/mol. The Labute approximate surface area is 186 Å². The molecule has 1 fully saturated rings. The number of aromatic nitrogens is 2. The van der Waals surface area contributed by atoms with Crippen LogP contribution in [0.1, 0.15) is 17.0 Å². The van der Waals surface area contributed by atoms with Crippen LogP contribution in [0.5, 0.6) is 0 Å². The van der Waals surface area contributed by atoms with Gasteiger partial charge in [0.05, 0.1) is 17.6 Å². The molecule has 1 N–H and O–H groups in total. The van der Waals surface area contributed by atoms with E-state index in [1.165, 1.54) is 41.4 Å². The molecule has 1 aliphatic heterocycles. The summed E-state index contributed by atoms with van der Waals surface area (Å²) < 4.78 is 96.2. The van der Waals surface area contributed by atoms with Gasteiger partial charge < -0.3 is 9.88 Å². The fourth-order valence-electron chi connectivity index (χ4n) is 3.87. The Bertz CT molecular complexity index is 1260. The number of hydrogen-bond acceptors (Lipinski definition) is 4. The van der Waals surface area contributed by atoms with Crippen molar-refractivity contribution in [3.63, 3.8) is 0 Å². The molecule has 0 spiro atoms. The lowest BCUT2D eigenvalue weighted by Crippen LogP contribution is -2.32. The lowest BCUT2D eigenvalue weighted by Gasteiger charge is -2.22. The molecule has 176 valence electrons. The zero-order chi connectivity index (χ0) is 24.0. The summed E-state index contributed by atoms with van der Waals surface area (Å²) in [6.45, 7) is -0.209. The van der Waals surface area contributed by atoms with Crippen LogP contribution in [-0.4, -0.2) is 41.4 Å². The standard InChI is InChI=1S/C21H19F5N4O2S/c1-29-11-19(27-12-29)33(31,32)30-9-15(13-5-7-14(22)8-6-13)18(10-30)28-17-4-2-3-16(20(17)23)21(24,25)26/h2-8,11-12,15,18,28H,9-10H2,1H3/t15-,18+/m0/s1. The van der Waals surface area contributed by atoms with Gasteiger partial charge in [0, 0.05) is 38.3 Å². The van der Waals surface area contributed by atoms with E-state index in [1.54, 1.807) is 7.05 Å². The number of halogens is 5. The molecular formula is C21H19F5N4O2S. The molecule has 3 aromatic rings. The summed E-state index contributed by atoms with van der Waals surface area (Å²) in [6, 6.07) is 7.40. The summed E-state index contributed by atoms with van der Waals surface area (Å²) in [5, 5.41) is 2.56. The predicted molar refractivity (Wildman–Crippen MR) is 110 cm³/mol. The fraction of sp³-hybridized carbons (Fsp3) is 0.286. The summed E-state index contributed by atoms with van der Waals surface area (Å²) >= 11 is 0. The highest BCUT2D eigenvalue weighted by Gasteiger charge is 2.42. The van der Waals surface area contributed by atoms with E-state index in [4.69, 9.17) is 0 Å². The number of nitrogens with zero attached hydrogens (tertiary/aromatic N) is 3. The van der Waals surface area contributed by atoms with Crippen molar-refractivity contribution in [1.29, 1.82) is 0 Å². The van der Waals surface area contributed by atoms with Gasteiger partial charge in [-0.25, -0.2) is 22.2 Å². The Morgan fingerprint density at radius 1 is 1.06 bits per heavy atom. The van der Waals surface area contributed by atoms with Crippen LogP contribution < -0.4 is 5.32 Å². The summed E-state index contributed by atoms with van der Waals surface area (Å²) in [6.07, 6.45) is -2.23. The van der Waals surface area contributed by atoms with Crippen LogP contribution in [0.25, 0.3) is 0 Å². The summed E-state index contributed by atoms with van der Waals surface area (Å²) in [5.41, 5.74) is -1.28. The Hall–Kier alpha value is -2.99. The number of anilines is 1. The number of rotatable bonds is 5. The smallest absolute Gasteiger partial charge is 0.378 e. The molecule has 0 aliphatic carbocycles. The van der Waals surface area contributed by atoms with Gasteiger partial charge in [-0.1, -0.05) is 18.2 Å². The number of imidazole rings is 1. The molecule has 2 atom stereocenters. The summed E-state index contributed by atoms with van der Waals surface area (Å²) in [5.74, 6) is -2.56. The normalized spacial score (nSPS) is 19.7. The third-order valence-electron chi connectivity index (χ3n) is 5.51. The lowest BCUT2D eigenvalue weighted by atomic mass is 9.94. The maximum absolute atomic E-state index is 14.6. The first-order chi connectivity index (χ1) is 15.5. The molecule has 1 aromatic heterocycles. The molecule has 2 aromatic carbocycles.